The number of amides is 6. The molecule has 28 heteroatoms. The van der Waals surface area contributed by atoms with Crippen molar-refractivity contribution in [3.05, 3.63) is 0 Å². The van der Waals surface area contributed by atoms with Crippen molar-refractivity contribution in [2.45, 2.75) is 139 Å². The maximum absolute atomic E-state index is 14.1. The zero-order valence-electron chi connectivity index (χ0n) is 38.5. The van der Waals surface area contributed by atoms with E-state index in [4.69, 9.17) is 57.3 Å². The Bertz CT molecular complexity index is 1610. The van der Waals surface area contributed by atoms with Gasteiger partial charge in [-0.05, 0) is 116 Å². The van der Waals surface area contributed by atoms with Gasteiger partial charge in [0.1, 0.15) is 36.3 Å². The Hall–Kier alpha value is -6.10. The van der Waals surface area contributed by atoms with E-state index in [2.05, 4.69) is 46.9 Å². The normalized spacial score (nSPS) is 14.0. The number of guanidine groups is 3. The molecular formula is C39H79N19O9. The second kappa shape index (κ2) is 36.1. The van der Waals surface area contributed by atoms with Crippen LogP contribution >= 0.6 is 0 Å². The zero-order chi connectivity index (χ0) is 50.7. The smallest absolute Gasteiger partial charge is 0.326 e. The molecule has 0 aliphatic carbocycles. The van der Waals surface area contributed by atoms with E-state index < -0.39 is 90.3 Å². The van der Waals surface area contributed by atoms with Gasteiger partial charge in [-0.3, -0.25) is 43.7 Å². The number of carboxylic acids is 1. The molecule has 0 aromatic carbocycles. The third kappa shape index (κ3) is 28.5. The van der Waals surface area contributed by atoms with Gasteiger partial charge < -0.3 is 99.5 Å². The molecule has 0 heterocycles. The maximum atomic E-state index is 14.1. The summed E-state index contributed by atoms with van der Waals surface area (Å²) in [6, 6.07) is -9.09. The van der Waals surface area contributed by atoms with Crippen LogP contribution in [0.25, 0.3) is 0 Å². The van der Waals surface area contributed by atoms with Crippen LogP contribution in [-0.2, 0) is 33.6 Å². The number of hydrogen-bond acceptors (Lipinski definition) is 15. The molecule has 0 bridgehead atoms. The number of aliphatic hydroxyl groups is 1. The number of rotatable bonds is 38. The van der Waals surface area contributed by atoms with E-state index >= 15 is 0 Å². The number of aliphatic carboxylic acids is 1. The Morgan fingerprint density at radius 2 is 0.657 bits per heavy atom. The van der Waals surface area contributed by atoms with Gasteiger partial charge in [0.15, 0.2) is 17.9 Å². The number of carboxylic acid groups (broad SMARTS) is 1. The van der Waals surface area contributed by atoms with Gasteiger partial charge in [-0.15, -0.1) is 0 Å². The van der Waals surface area contributed by atoms with Crippen LogP contribution in [0.5, 0.6) is 0 Å². The van der Waals surface area contributed by atoms with Gasteiger partial charge >= 0.3 is 5.97 Å². The van der Waals surface area contributed by atoms with Crippen LogP contribution in [0.3, 0.4) is 0 Å². The summed E-state index contributed by atoms with van der Waals surface area (Å²) in [6.45, 7) is 0.305. The molecular weight excluding hydrogens is 879 g/mol. The van der Waals surface area contributed by atoms with Gasteiger partial charge in [0.25, 0.3) is 0 Å². The molecule has 0 saturated heterocycles. The molecule has 0 radical (unpaired) electrons. The molecule has 28 N–H and O–H groups in total. The highest BCUT2D eigenvalue weighted by Gasteiger charge is 2.33. The van der Waals surface area contributed by atoms with Gasteiger partial charge in [0.05, 0.1) is 12.6 Å². The first-order valence-electron chi connectivity index (χ1n) is 22.5. The van der Waals surface area contributed by atoms with Crippen molar-refractivity contribution in [2.24, 2.45) is 72.3 Å². The molecule has 0 rings (SSSR count). The first kappa shape index (κ1) is 60.9. The lowest BCUT2D eigenvalue weighted by atomic mass is 10.0. The van der Waals surface area contributed by atoms with Crippen LogP contribution in [0.4, 0.5) is 0 Å². The molecule has 0 aliphatic heterocycles. The fourth-order valence-corrected chi connectivity index (χ4v) is 6.30. The van der Waals surface area contributed by atoms with Gasteiger partial charge in [-0.2, -0.15) is 0 Å². The minimum atomic E-state index is -1.63. The summed E-state index contributed by atoms with van der Waals surface area (Å²) >= 11 is 0. The van der Waals surface area contributed by atoms with Crippen LogP contribution < -0.4 is 89.2 Å². The number of nitrogens with one attached hydrogen (secondary N) is 6. The second-order valence-corrected chi connectivity index (χ2v) is 15.7. The number of hydrogen-bond donors (Lipinski definition) is 18. The summed E-state index contributed by atoms with van der Waals surface area (Å²) in [7, 11) is 0. The highest BCUT2D eigenvalue weighted by Crippen LogP contribution is 2.10. The molecule has 0 aromatic rings. The van der Waals surface area contributed by atoms with Gasteiger partial charge in [0, 0.05) is 19.6 Å². The van der Waals surface area contributed by atoms with Crippen molar-refractivity contribution in [3.63, 3.8) is 0 Å². The lowest BCUT2D eigenvalue weighted by Gasteiger charge is -2.27. The van der Waals surface area contributed by atoms with Crippen molar-refractivity contribution in [2.75, 3.05) is 45.9 Å². The molecule has 6 amide bonds. The van der Waals surface area contributed by atoms with E-state index in [9.17, 15) is 43.8 Å². The van der Waals surface area contributed by atoms with E-state index in [0.717, 1.165) is 0 Å². The van der Waals surface area contributed by atoms with Crippen LogP contribution in [-0.4, -0.2) is 158 Å². The van der Waals surface area contributed by atoms with Crippen LogP contribution in [0.15, 0.2) is 15.0 Å². The predicted molar refractivity (Wildman–Crippen MR) is 253 cm³/mol. The summed E-state index contributed by atoms with van der Waals surface area (Å²) < 4.78 is 0. The number of carbonyl (C=O) groups is 7. The summed E-state index contributed by atoms with van der Waals surface area (Å²) in [4.78, 5) is 105. The molecule has 28 nitrogen and oxygen atoms in total. The summed E-state index contributed by atoms with van der Waals surface area (Å²) in [5.74, 6) is -6.73. The minimum absolute atomic E-state index is 0.0151. The predicted octanol–water partition coefficient (Wildman–Crippen LogP) is -7.15. The molecule has 0 aliphatic rings. The Kier molecular flexibility index (Phi) is 32.8. The average Bonchev–Trinajstić information content (AvgIpc) is 3.27. The first-order chi connectivity index (χ1) is 31.8. The average molecular weight is 958 g/mol. The molecule has 0 unspecified atom stereocenters. The quantitative estimate of drug-likeness (QED) is 0.0155. The molecule has 0 spiro atoms. The lowest BCUT2D eigenvalue weighted by Crippen LogP contribution is -2.60. The van der Waals surface area contributed by atoms with Crippen molar-refractivity contribution in [1.29, 1.82) is 0 Å². The van der Waals surface area contributed by atoms with Crippen LogP contribution in [0, 0.1) is 0 Å². The highest BCUT2D eigenvalue weighted by atomic mass is 16.4. The maximum Gasteiger partial charge on any atom is 0.326 e. The fraction of sp³-hybridized carbons (Fsp3) is 0.744. The summed E-state index contributed by atoms with van der Waals surface area (Å²) in [5, 5.41) is 35.0. The van der Waals surface area contributed by atoms with Gasteiger partial charge in [0.2, 0.25) is 35.4 Å². The molecule has 0 fully saturated rings. The van der Waals surface area contributed by atoms with E-state index in [-0.39, 0.29) is 102 Å². The Morgan fingerprint density at radius 3 is 0.970 bits per heavy atom. The molecule has 0 saturated carbocycles. The fourth-order valence-electron chi connectivity index (χ4n) is 6.30. The van der Waals surface area contributed by atoms with E-state index in [0.29, 0.717) is 51.5 Å². The summed E-state index contributed by atoms with van der Waals surface area (Å²) in [5.41, 5.74) is 55.5. The zero-order valence-corrected chi connectivity index (χ0v) is 38.5. The number of nitrogens with two attached hydrogens (primary N) is 10. The third-order valence-electron chi connectivity index (χ3n) is 10.00. The minimum Gasteiger partial charge on any atom is -0.480 e. The Morgan fingerprint density at radius 1 is 0.388 bits per heavy atom. The summed E-state index contributed by atoms with van der Waals surface area (Å²) in [6.07, 6.45) is 3.62. The standard InChI is InChI=1S/C39H79N19O9/c40-16-4-1-11-24(53-30(60)23(43)10-7-19-50-37(44)45)31(61)56-27(14-8-20-51-38(46)47)33(63)54-25(12-2-5-17-41)32(62)55-26(13-3-6-18-42)34(64)58-29(22-59)35(65)57-28(36(66)67)15-9-21-52-39(48)49/h23-29,59H,1-22,40-43H2,(H,53,60)(H,54,63)(H,55,62)(H,56,61)(H,57,65)(H,58,64)(H,66,67)(H4,44,45,50)(H4,46,47,51)(H4,48,49,52)/t23-,24-,25-,26-,27-,28-,29-/m0/s1. The third-order valence-corrected chi connectivity index (χ3v) is 10.00. The monoisotopic (exact) mass is 958 g/mol. The topological polar surface area (TPSA) is 529 Å². The van der Waals surface area contributed by atoms with E-state index in [1.807, 2.05) is 0 Å². The Balaban J connectivity index is 6.49. The van der Waals surface area contributed by atoms with Crippen molar-refractivity contribution < 1.29 is 43.8 Å². The SMILES string of the molecule is NCCCC[C@H](NC(=O)[C@H](CCCCN)NC(=O)[C@H](CCCN=C(N)N)NC(=O)[C@H](CCCCN)NC(=O)[C@@H](N)CCCN=C(N)N)C(=O)N[C@@H](CO)C(=O)N[C@@H](CCCN=C(N)N)C(=O)O. The van der Waals surface area contributed by atoms with Crippen molar-refractivity contribution >= 4 is 59.3 Å². The molecule has 384 valence electrons. The molecule has 67 heavy (non-hydrogen) atoms. The number of nitrogens with zero attached hydrogens (tertiary/aromatic N) is 3. The second-order valence-electron chi connectivity index (χ2n) is 15.7. The highest BCUT2D eigenvalue weighted by molar-refractivity contribution is 5.97. The number of aliphatic imine (C=N–C) groups is 3. The van der Waals surface area contributed by atoms with E-state index in [1.165, 1.54) is 0 Å². The lowest BCUT2D eigenvalue weighted by molar-refractivity contribution is -0.142. The largest absolute Gasteiger partial charge is 0.480 e. The van der Waals surface area contributed by atoms with Crippen molar-refractivity contribution in [1.82, 2.24) is 31.9 Å². The van der Waals surface area contributed by atoms with Crippen LogP contribution in [0.2, 0.25) is 0 Å². The molecule has 0 aromatic heterocycles. The Labute approximate surface area is 391 Å². The van der Waals surface area contributed by atoms with E-state index in [1.54, 1.807) is 0 Å². The first-order valence-corrected chi connectivity index (χ1v) is 22.5. The van der Waals surface area contributed by atoms with Gasteiger partial charge in [-0.25, -0.2) is 4.79 Å². The molecule has 7 atom stereocenters. The van der Waals surface area contributed by atoms with Crippen molar-refractivity contribution in [3.8, 4) is 0 Å². The number of aliphatic hydroxyl groups excluding tert-OH is 1. The van der Waals surface area contributed by atoms with Crippen LogP contribution in [0.1, 0.15) is 96.3 Å². The number of unbranched alkanes of at least 4 members (excludes halogenated alkanes) is 3. The number of carbonyl (C=O) groups excluding carboxylic acids is 6. The van der Waals surface area contributed by atoms with Gasteiger partial charge in [-0.1, -0.05) is 0 Å².